The fourth-order valence-electron chi connectivity index (χ4n) is 2.87. The monoisotopic (exact) mass is 409 g/mol. The molecule has 0 aliphatic rings. The van der Waals surface area contributed by atoms with Gasteiger partial charge in [0.05, 0.1) is 0 Å². The van der Waals surface area contributed by atoms with Crippen molar-refractivity contribution in [3.63, 3.8) is 0 Å². The number of nitrogens with one attached hydrogen (secondary N) is 2. The van der Waals surface area contributed by atoms with Crippen LogP contribution in [-0.2, 0) is 5.92 Å². The molecule has 4 aromatic rings. The van der Waals surface area contributed by atoms with Gasteiger partial charge in [0.15, 0.2) is 0 Å². The third-order valence-electron chi connectivity index (χ3n) is 4.36. The number of fused-ring (bicyclic) bond motifs is 1. The van der Waals surface area contributed by atoms with E-state index in [1.54, 1.807) is 46.9 Å². The number of halogens is 2. The first-order valence-corrected chi connectivity index (χ1v) is 8.99. The Morgan fingerprint density at radius 1 is 1.10 bits per heavy atom. The van der Waals surface area contributed by atoms with Gasteiger partial charge in [-0.3, -0.25) is 9.20 Å². The van der Waals surface area contributed by atoms with E-state index in [1.807, 2.05) is 0 Å². The van der Waals surface area contributed by atoms with Crippen LogP contribution in [-0.4, -0.2) is 25.4 Å². The Morgan fingerprint density at radius 3 is 2.53 bits per heavy atom. The molecule has 0 saturated carbocycles. The second-order valence-electron chi connectivity index (χ2n) is 6.71. The Labute approximate surface area is 170 Å². The number of alkyl halides is 2. The van der Waals surface area contributed by atoms with Crippen molar-refractivity contribution >= 4 is 28.7 Å². The largest absolute Gasteiger partial charge is 0.493 e. The van der Waals surface area contributed by atoms with Crippen LogP contribution in [0.15, 0.2) is 67.0 Å². The maximum atomic E-state index is 13.6. The highest BCUT2D eigenvalue weighted by Gasteiger charge is 2.28. The molecule has 1 amide bonds. The number of amides is 1. The number of carbonyl (C=O) groups excluding carboxylic acids is 1. The number of nitrogens with zero attached hydrogens (tertiary/aromatic N) is 3. The summed E-state index contributed by atoms with van der Waals surface area (Å²) in [5, 5.41) is 15.3. The lowest BCUT2D eigenvalue weighted by Gasteiger charge is -2.10. The van der Waals surface area contributed by atoms with Crippen LogP contribution < -0.4 is 10.6 Å². The average molecular weight is 409 g/mol. The zero-order chi connectivity index (χ0) is 21.3. The number of aromatic hydroxyl groups is 1. The molecule has 7 nitrogen and oxygen atoms in total. The van der Waals surface area contributed by atoms with Crippen LogP contribution in [0.3, 0.4) is 0 Å². The maximum Gasteiger partial charge on any atom is 0.288 e. The van der Waals surface area contributed by atoms with E-state index < -0.39 is 5.92 Å². The quantitative estimate of drug-likeness (QED) is 0.450. The molecule has 9 heteroatoms. The minimum Gasteiger partial charge on any atom is -0.493 e. The lowest BCUT2D eigenvalue weighted by atomic mass is 10.2. The molecule has 3 heterocycles. The standard InChI is InChI=1S/C21H17F2N5O2/c1-21(22,23)16-12-28-17(3-2-4-18(28)27-16)25-14-5-7-15(8-6-14)26-20(30)13-9-10-24-19(29)11-13/h2-12,25H,1H3,(H,24,29)(H,26,30). The molecule has 0 aliphatic heterocycles. The molecule has 3 N–H and O–H groups in total. The van der Waals surface area contributed by atoms with Gasteiger partial charge in [0.25, 0.3) is 11.8 Å². The smallest absolute Gasteiger partial charge is 0.288 e. The van der Waals surface area contributed by atoms with Gasteiger partial charge in [-0.1, -0.05) is 6.07 Å². The van der Waals surface area contributed by atoms with Gasteiger partial charge in [-0.15, -0.1) is 0 Å². The first-order valence-electron chi connectivity index (χ1n) is 8.99. The molecule has 3 aromatic heterocycles. The van der Waals surface area contributed by atoms with E-state index in [1.165, 1.54) is 24.5 Å². The SMILES string of the molecule is CC(F)(F)c1cn2c(Nc3ccc(NC(=O)c4ccnc(O)c4)cc3)cccc2n1. The van der Waals surface area contributed by atoms with Gasteiger partial charge in [0, 0.05) is 42.3 Å². The molecule has 30 heavy (non-hydrogen) atoms. The van der Waals surface area contributed by atoms with Crippen molar-refractivity contribution in [1.82, 2.24) is 14.4 Å². The summed E-state index contributed by atoms with van der Waals surface area (Å²) >= 11 is 0. The summed E-state index contributed by atoms with van der Waals surface area (Å²) in [7, 11) is 0. The second-order valence-corrected chi connectivity index (χ2v) is 6.71. The molecule has 0 fully saturated rings. The molecule has 0 spiro atoms. The number of hydrogen-bond donors (Lipinski definition) is 3. The molecule has 4 rings (SSSR count). The summed E-state index contributed by atoms with van der Waals surface area (Å²) in [6.45, 7) is 0.808. The molecular formula is C21H17F2N5O2. The van der Waals surface area contributed by atoms with Crippen LogP contribution in [0.25, 0.3) is 5.65 Å². The normalized spacial score (nSPS) is 11.4. The van der Waals surface area contributed by atoms with Gasteiger partial charge in [0.1, 0.15) is 17.2 Å². The molecule has 0 atom stereocenters. The summed E-state index contributed by atoms with van der Waals surface area (Å²) in [6, 6.07) is 14.8. The van der Waals surface area contributed by atoms with E-state index in [9.17, 15) is 18.7 Å². The third-order valence-corrected chi connectivity index (χ3v) is 4.36. The number of pyridine rings is 2. The number of hydrogen-bond acceptors (Lipinski definition) is 5. The van der Waals surface area contributed by atoms with E-state index in [0.717, 1.165) is 6.92 Å². The summed E-state index contributed by atoms with van der Waals surface area (Å²) in [5.74, 6) is -3.08. The highest BCUT2D eigenvalue weighted by Crippen LogP contribution is 2.28. The van der Waals surface area contributed by atoms with Crippen molar-refractivity contribution in [3.8, 4) is 5.88 Å². The van der Waals surface area contributed by atoms with E-state index in [2.05, 4.69) is 20.6 Å². The van der Waals surface area contributed by atoms with Gasteiger partial charge in [-0.2, -0.15) is 8.78 Å². The fraction of sp³-hybridized carbons (Fsp3) is 0.0952. The second kappa shape index (κ2) is 7.43. The van der Waals surface area contributed by atoms with E-state index in [4.69, 9.17) is 0 Å². The summed E-state index contributed by atoms with van der Waals surface area (Å²) in [6.07, 6.45) is 2.64. The molecule has 0 radical (unpaired) electrons. The number of rotatable bonds is 5. The highest BCUT2D eigenvalue weighted by molar-refractivity contribution is 6.04. The Hall–Kier alpha value is -4.01. The van der Waals surface area contributed by atoms with Crippen LogP contribution in [0, 0.1) is 0 Å². The van der Waals surface area contributed by atoms with Crippen LogP contribution in [0.4, 0.5) is 26.0 Å². The summed E-state index contributed by atoms with van der Waals surface area (Å²) < 4.78 is 28.7. The topological polar surface area (TPSA) is 91.5 Å². The average Bonchev–Trinajstić information content (AvgIpc) is 3.15. The Kier molecular flexibility index (Phi) is 4.78. The molecule has 0 aliphatic carbocycles. The van der Waals surface area contributed by atoms with Crippen LogP contribution in [0.2, 0.25) is 0 Å². The van der Waals surface area contributed by atoms with Crippen LogP contribution in [0.1, 0.15) is 23.0 Å². The van der Waals surface area contributed by atoms with Gasteiger partial charge in [0.2, 0.25) is 5.88 Å². The lowest BCUT2D eigenvalue weighted by Crippen LogP contribution is -2.11. The van der Waals surface area contributed by atoms with Crippen LogP contribution in [0.5, 0.6) is 5.88 Å². The van der Waals surface area contributed by atoms with Crippen molar-refractivity contribution in [1.29, 1.82) is 0 Å². The lowest BCUT2D eigenvalue weighted by molar-refractivity contribution is 0.0133. The van der Waals surface area contributed by atoms with Crippen molar-refractivity contribution in [3.05, 3.63) is 78.2 Å². The molecule has 0 unspecified atom stereocenters. The van der Waals surface area contributed by atoms with E-state index in [0.29, 0.717) is 22.8 Å². The number of anilines is 3. The fourth-order valence-corrected chi connectivity index (χ4v) is 2.87. The Balaban J connectivity index is 1.51. The first kappa shape index (κ1) is 19.3. The van der Waals surface area contributed by atoms with Gasteiger partial charge >= 0.3 is 0 Å². The summed E-state index contributed by atoms with van der Waals surface area (Å²) in [5.41, 5.74) is 1.62. The van der Waals surface area contributed by atoms with E-state index >= 15 is 0 Å². The maximum absolute atomic E-state index is 13.6. The predicted molar refractivity (Wildman–Crippen MR) is 108 cm³/mol. The minimum absolute atomic E-state index is 0.236. The molecule has 1 aromatic carbocycles. The Morgan fingerprint density at radius 2 is 1.83 bits per heavy atom. The van der Waals surface area contributed by atoms with Crippen molar-refractivity contribution in [2.45, 2.75) is 12.8 Å². The highest BCUT2D eigenvalue weighted by atomic mass is 19.3. The van der Waals surface area contributed by atoms with Crippen molar-refractivity contribution in [2.75, 3.05) is 10.6 Å². The van der Waals surface area contributed by atoms with E-state index in [-0.39, 0.29) is 23.0 Å². The zero-order valence-electron chi connectivity index (χ0n) is 15.8. The number of benzene rings is 1. The molecule has 152 valence electrons. The number of aromatic nitrogens is 3. The van der Waals surface area contributed by atoms with Gasteiger partial charge in [-0.05, 0) is 42.5 Å². The Bertz CT molecular complexity index is 1220. The van der Waals surface area contributed by atoms with Gasteiger partial charge < -0.3 is 15.7 Å². The van der Waals surface area contributed by atoms with Crippen molar-refractivity contribution < 1.29 is 18.7 Å². The third kappa shape index (κ3) is 4.04. The number of carbonyl (C=O) groups is 1. The molecule has 0 bridgehead atoms. The van der Waals surface area contributed by atoms with Crippen molar-refractivity contribution in [2.24, 2.45) is 0 Å². The molecule has 0 saturated heterocycles. The molecular weight excluding hydrogens is 392 g/mol. The van der Waals surface area contributed by atoms with Crippen LogP contribution >= 0.6 is 0 Å². The summed E-state index contributed by atoms with van der Waals surface area (Å²) in [4.78, 5) is 19.8. The zero-order valence-corrected chi connectivity index (χ0v) is 15.8. The first-order chi connectivity index (χ1) is 14.3. The number of imidazole rings is 1. The van der Waals surface area contributed by atoms with Gasteiger partial charge in [-0.25, -0.2) is 9.97 Å². The minimum atomic E-state index is -3.03. The predicted octanol–water partition coefficient (Wildman–Crippen LogP) is 4.54.